The van der Waals surface area contributed by atoms with Crippen LogP contribution >= 0.6 is 0 Å². The number of hydrogen-bond acceptors (Lipinski definition) is 5. The Kier molecular flexibility index (Phi) is 3.78. The Bertz CT molecular complexity index is 881. The summed E-state index contributed by atoms with van der Waals surface area (Å²) in [5.41, 5.74) is 3.34. The first-order chi connectivity index (χ1) is 10.7. The topological polar surface area (TPSA) is 100 Å². The molecule has 2 N–H and O–H groups in total. The summed E-state index contributed by atoms with van der Waals surface area (Å²) in [6, 6.07) is 10.5. The number of para-hydroxylation sites is 2. The molecule has 22 heavy (non-hydrogen) atoms. The van der Waals surface area contributed by atoms with Crippen LogP contribution in [-0.4, -0.2) is 22.1 Å². The van der Waals surface area contributed by atoms with E-state index in [0.717, 1.165) is 0 Å². The summed E-state index contributed by atoms with van der Waals surface area (Å²) < 4.78 is 5.03. The first kappa shape index (κ1) is 13.7. The van der Waals surface area contributed by atoms with Gasteiger partial charge in [0.2, 0.25) is 5.91 Å². The maximum atomic E-state index is 11.9. The second-order valence-electron chi connectivity index (χ2n) is 4.52. The van der Waals surface area contributed by atoms with Gasteiger partial charge in [-0.25, -0.2) is 10.4 Å². The molecule has 2 heterocycles. The minimum absolute atomic E-state index is 0.143. The van der Waals surface area contributed by atoms with Gasteiger partial charge in [0.1, 0.15) is 11.5 Å². The number of nitrogens with zero attached hydrogens (tertiary/aromatic N) is 2. The van der Waals surface area contributed by atoms with Crippen LogP contribution < -0.4 is 11.0 Å². The summed E-state index contributed by atoms with van der Waals surface area (Å²) in [6.45, 7) is 0. The molecular formula is C15H12N4O3. The number of fused-ring (bicyclic) bond motifs is 1. The third-order valence-electron chi connectivity index (χ3n) is 2.92. The number of aromatic nitrogens is 2. The molecule has 3 rings (SSSR count). The number of nitrogens with one attached hydrogen (secondary N) is 2. The zero-order valence-corrected chi connectivity index (χ0v) is 11.4. The van der Waals surface area contributed by atoms with Crippen LogP contribution in [0.4, 0.5) is 0 Å². The second-order valence-corrected chi connectivity index (χ2v) is 4.52. The van der Waals surface area contributed by atoms with Gasteiger partial charge in [-0.1, -0.05) is 12.1 Å². The summed E-state index contributed by atoms with van der Waals surface area (Å²) in [4.78, 5) is 30.5. The van der Waals surface area contributed by atoms with Gasteiger partial charge in [-0.2, -0.15) is 5.10 Å². The number of amides is 1. The van der Waals surface area contributed by atoms with Crippen molar-refractivity contribution in [3.05, 3.63) is 64.5 Å². The van der Waals surface area contributed by atoms with E-state index in [1.807, 2.05) is 6.07 Å². The summed E-state index contributed by atoms with van der Waals surface area (Å²) in [5.74, 6) is 0.0815. The summed E-state index contributed by atoms with van der Waals surface area (Å²) in [5, 5.41) is 3.74. The maximum absolute atomic E-state index is 11.9. The lowest BCUT2D eigenvalue weighted by Gasteiger charge is -2.01. The van der Waals surface area contributed by atoms with Crippen LogP contribution in [-0.2, 0) is 11.2 Å². The third kappa shape index (κ3) is 3.09. The van der Waals surface area contributed by atoms with E-state index in [-0.39, 0.29) is 17.7 Å². The molecule has 0 atom stereocenters. The van der Waals surface area contributed by atoms with Crippen molar-refractivity contribution in [2.24, 2.45) is 5.10 Å². The van der Waals surface area contributed by atoms with E-state index in [0.29, 0.717) is 16.8 Å². The van der Waals surface area contributed by atoms with Crippen LogP contribution in [0.3, 0.4) is 0 Å². The SMILES string of the molecule is O=C(Cc1nc2ccccc2[nH]c1=O)N/N=C\c1ccco1. The summed E-state index contributed by atoms with van der Waals surface area (Å²) in [7, 11) is 0. The van der Waals surface area contributed by atoms with Gasteiger partial charge < -0.3 is 9.40 Å². The lowest BCUT2D eigenvalue weighted by atomic mass is 10.2. The number of hydrazone groups is 1. The number of rotatable bonds is 4. The van der Waals surface area contributed by atoms with Crippen molar-refractivity contribution in [1.29, 1.82) is 0 Å². The highest BCUT2D eigenvalue weighted by Crippen LogP contribution is 2.06. The highest BCUT2D eigenvalue weighted by atomic mass is 16.3. The van der Waals surface area contributed by atoms with Crippen molar-refractivity contribution >= 4 is 23.2 Å². The number of furan rings is 1. The van der Waals surface area contributed by atoms with Crippen LogP contribution in [0.2, 0.25) is 0 Å². The van der Waals surface area contributed by atoms with Crippen molar-refractivity contribution in [1.82, 2.24) is 15.4 Å². The Morgan fingerprint density at radius 1 is 1.32 bits per heavy atom. The lowest BCUT2D eigenvalue weighted by molar-refractivity contribution is -0.120. The molecule has 1 aromatic carbocycles. The second kappa shape index (κ2) is 6.04. The average Bonchev–Trinajstić information content (AvgIpc) is 3.01. The molecule has 0 aliphatic carbocycles. The van der Waals surface area contributed by atoms with Gasteiger partial charge in [-0.15, -0.1) is 0 Å². The molecule has 0 saturated heterocycles. The zero-order valence-electron chi connectivity index (χ0n) is 11.4. The average molecular weight is 296 g/mol. The Morgan fingerprint density at radius 2 is 2.18 bits per heavy atom. The lowest BCUT2D eigenvalue weighted by Crippen LogP contribution is -2.25. The largest absolute Gasteiger partial charge is 0.463 e. The van der Waals surface area contributed by atoms with Crippen LogP contribution in [0.25, 0.3) is 11.0 Å². The van der Waals surface area contributed by atoms with E-state index in [1.54, 1.807) is 30.3 Å². The van der Waals surface area contributed by atoms with E-state index in [9.17, 15) is 9.59 Å². The Balaban J connectivity index is 1.71. The minimum atomic E-state index is -0.434. The highest BCUT2D eigenvalue weighted by molar-refractivity contribution is 5.82. The van der Waals surface area contributed by atoms with E-state index in [4.69, 9.17) is 4.42 Å². The minimum Gasteiger partial charge on any atom is -0.463 e. The first-order valence-corrected chi connectivity index (χ1v) is 6.56. The molecule has 1 amide bonds. The molecule has 3 aromatic rings. The molecule has 110 valence electrons. The smallest absolute Gasteiger partial charge is 0.270 e. The van der Waals surface area contributed by atoms with Crippen molar-refractivity contribution < 1.29 is 9.21 Å². The monoisotopic (exact) mass is 296 g/mol. The summed E-state index contributed by atoms with van der Waals surface area (Å²) in [6.07, 6.45) is 2.72. The summed E-state index contributed by atoms with van der Waals surface area (Å²) >= 11 is 0. The van der Waals surface area contributed by atoms with Crippen LogP contribution in [0.15, 0.2) is 57.0 Å². The standard InChI is InChI=1S/C15H12N4O3/c20-14(19-16-9-10-4-3-7-22-10)8-13-15(21)18-12-6-2-1-5-11(12)17-13/h1-7,9H,8H2,(H,18,21)(H,19,20)/b16-9-. The first-order valence-electron chi connectivity index (χ1n) is 6.56. The third-order valence-corrected chi connectivity index (χ3v) is 2.92. The van der Waals surface area contributed by atoms with E-state index < -0.39 is 5.91 Å². The van der Waals surface area contributed by atoms with Gasteiger partial charge in [0.15, 0.2) is 0 Å². The molecule has 0 radical (unpaired) electrons. The van der Waals surface area contributed by atoms with Gasteiger partial charge in [0.25, 0.3) is 5.56 Å². The zero-order chi connectivity index (χ0) is 15.4. The van der Waals surface area contributed by atoms with Crippen molar-refractivity contribution in [2.75, 3.05) is 0 Å². The van der Waals surface area contributed by atoms with Crippen LogP contribution in [0.5, 0.6) is 0 Å². The van der Waals surface area contributed by atoms with Gasteiger partial charge in [0, 0.05) is 0 Å². The van der Waals surface area contributed by atoms with E-state index in [2.05, 4.69) is 20.5 Å². The van der Waals surface area contributed by atoms with Gasteiger partial charge >= 0.3 is 0 Å². The molecule has 7 nitrogen and oxygen atoms in total. The Morgan fingerprint density at radius 3 is 3.00 bits per heavy atom. The van der Waals surface area contributed by atoms with Gasteiger partial charge in [0.05, 0.1) is 29.9 Å². The number of hydrogen-bond donors (Lipinski definition) is 2. The van der Waals surface area contributed by atoms with Gasteiger partial charge in [-0.05, 0) is 24.3 Å². The van der Waals surface area contributed by atoms with Crippen LogP contribution in [0.1, 0.15) is 11.5 Å². The fourth-order valence-electron chi connectivity index (χ4n) is 1.91. The fourth-order valence-corrected chi connectivity index (χ4v) is 1.91. The molecule has 0 fully saturated rings. The van der Waals surface area contributed by atoms with Crippen molar-refractivity contribution in [3.8, 4) is 0 Å². The molecule has 0 bridgehead atoms. The van der Waals surface area contributed by atoms with Crippen LogP contribution in [0, 0.1) is 0 Å². The van der Waals surface area contributed by atoms with Crippen molar-refractivity contribution in [2.45, 2.75) is 6.42 Å². The molecule has 7 heteroatoms. The number of benzene rings is 1. The Labute approximate surface area is 124 Å². The molecule has 2 aromatic heterocycles. The normalized spacial score (nSPS) is 11.1. The fraction of sp³-hybridized carbons (Fsp3) is 0.0667. The van der Waals surface area contributed by atoms with Gasteiger partial charge in [-0.3, -0.25) is 9.59 Å². The molecular weight excluding hydrogens is 284 g/mol. The van der Waals surface area contributed by atoms with E-state index >= 15 is 0 Å². The number of carbonyl (C=O) groups excluding carboxylic acids is 1. The quantitative estimate of drug-likeness (QED) is 0.558. The Hall–Kier alpha value is -3.22. The molecule has 0 spiro atoms. The predicted molar refractivity (Wildman–Crippen MR) is 80.5 cm³/mol. The molecule has 0 unspecified atom stereocenters. The predicted octanol–water partition coefficient (Wildman–Crippen LogP) is 1.21. The molecule has 0 aliphatic rings. The number of aromatic amines is 1. The van der Waals surface area contributed by atoms with E-state index in [1.165, 1.54) is 12.5 Å². The number of carbonyl (C=O) groups is 1. The van der Waals surface area contributed by atoms with Crippen molar-refractivity contribution in [3.63, 3.8) is 0 Å². The maximum Gasteiger partial charge on any atom is 0.270 e. The molecule has 0 aliphatic heterocycles. The highest BCUT2D eigenvalue weighted by Gasteiger charge is 2.09. The number of H-pyrrole nitrogens is 1. The molecule has 0 saturated carbocycles.